The van der Waals surface area contributed by atoms with Crippen LogP contribution in [0.4, 0.5) is 4.79 Å². The Morgan fingerprint density at radius 1 is 1.12 bits per heavy atom. The fourth-order valence-electron chi connectivity index (χ4n) is 4.69. The van der Waals surface area contributed by atoms with Crippen molar-refractivity contribution in [2.24, 2.45) is 5.92 Å². The number of hydrogen-bond donors (Lipinski definition) is 3. The Bertz CT molecular complexity index is 1030. The fraction of sp³-hybridized carbons (Fsp3) is 0.423. The Morgan fingerprint density at radius 2 is 1.74 bits per heavy atom. The molecule has 3 atom stereocenters. The molecule has 2 amide bonds. The number of rotatable bonds is 8. The zero-order valence-corrected chi connectivity index (χ0v) is 19.4. The van der Waals surface area contributed by atoms with E-state index in [1.807, 2.05) is 43.3 Å². The summed E-state index contributed by atoms with van der Waals surface area (Å²) in [7, 11) is 0. The molecule has 0 bridgehead atoms. The Hall–Kier alpha value is -3.39. The molecule has 0 spiro atoms. The van der Waals surface area contributed by atoms with Crippen molar-refractivity contribution in [1.82, 2.24) is 10.6 Å². The number of carboxylic acid groups (broad SMARTS) is 1. The lowest BCUT2D eigenvalue weighted by molar-refractivity contribution is -0.144. The first-order chi connectivity index (χ1) is 16.4. The molecule has 3 N–H and O–H groups in total. The van der Waals surface area contributed by atoms with Crippen molar-refractivity contribution < 1.29 is 29.0 Å². The third-order valence-corrected chi connectivity index (χ3v) is 6.91. The average molecular weight is 467 g/mol. The van der Waals surface area contributed by atoms with Crippen LogP contribution in [0, 0.1) is 5.92 Å². The molecule has 1 fully saturated rings. The minimum Gasteiger partial charge on any atom is -0.480 e. The predicted molar refractivity (Wildman–Crippen MR) is 125 cm³/mol. The maximum absolute atomic E-state index is 13.1. The van der Waals surface area contributed by atoms with Gasteiger partial charge in [-0.3, -0.25) is 4.79 Å². The maximum Gasteiger partial charge on any atom is 0.408 e. The molecule has 2 aliphatic rings. The van der Waals surface area contributed by atoms with Crippen molar-refractivity contribution >= 4 is 18.0 Å². The second kappa shape index (κ2) is 9.85. The van der Waals surface area contributed by atoms with Crippen molar-refractivity contribution in [2.75, 3.05) is 19.8 Å². The molecule has 1 aliphatic carbocycles. The summed E-state index contributed by atoms with van der Waals surface area (Å²) in [6, 6.07) is 15.0. The Balaban J connectivity index is 1.45. The van der Waals surface area contributed by atoms with Crippen LogP contribution in [0.25, 0.3) is 11.1 Å². The van der Waals surface area contributed by atoms with Gasteiger partial charge in [-0.15, -0.1) is 0 Å². The van der Waals surface area contributed by atoms with Crippen molar-refractivity contribution in [3.63, 3.8) is 0 Å². The second-order valence-corrected chi connectivity index (χ2v) is 9.01. The highest BCUT2D eigenvalue weighted by molar-refractivity contribution is 5.93. The van der Waals surface area contributed by atoms with Crippen LogP contribution < -0.4 is 10.6 Å². The minimum absolute atomic E-state index is 0.0458. The van der Waals surface area contributed by atoms with Gasteiger partial charge in [0.05, 0.1) is 6.61 Å². The molecule has 1 saturated heterocycles. The van der Waals surface area contributed by atoms with Crippen LogP contribution in [0.1, 0.15) is 43.7 Å². The number of alkyl carbamates (subject to hydrolysis) is 1. The first-order valence-corrected chi connectivity index (χ1v) is 11.6. The third-order valence-electron chi connectivity index (χ3n) is 6.91. The van der Waals surface area contributed by atoms with Crippen LogP contribution in [0.5, 0.6) is 0 Å². The minimum atomic E-state index is -1.37. The largest absolute Gasteiger partial charge is 0.480 e. The van der Waals surface area contributed by atoms with E-state index in [0.29, 0.717) is 6.42 Å². The SMILES string of the molecule is CC[C@H](C)[C@H](NC(=O)C1(NC(=O)OCC2c3ccccc3-c3ccccc32)CCOC1)C(=O)O. The number of aliphatic carboxylic acids is 1. The summed E-state index contributed by atoms with van der Waals surface area (Å²) in [4.78, 5) is 37.6. The summed E-state index contributed by atoms with van der Waals surface area (Å²) >= 11 is 0. The zero-order valence-electron chi connectivity index (χ0n) is 19.4. The number of carbonyl (C=O) groups is 3. The van der Waals surface area contributed by atoms with E-state index < -0.39 is 29.6 Å². The van der Waals surface area contributed by atoms with Gasteiger partial charge in [0.1, 0.15) is 18.2 Å². The molecule has 0 saturated carbocycles. The van der Waals surface area contributed by atoms with Crippen molar-refractivity contribution in [3.05, 3.63) is 59.7 Å². The lowest BCUT2D eigenvalue weighted by Gasteiger charge is -2.30. The molecule has 2 aromatic carbocycles. The normalized spacial score (nSPS) is 20.6. The molecule has 1 heterocycles. The molecule has 0 radical (unpaired) electrons. The topological polar surface area (TPSA) is 114 Å². The van der Waals surface area contributed by atoms with E-state index in [1.165, 1.54) is 0 Å². The van der Waals surface area contributed by atoms with Gasteiger partial charge < -0.3 is 25.2 Å². The Morgan fingerprint density at radius 3 is 2.26 bits per heavy atom. The van der Waals surface area contributed by atoms with E-state index >= 15 is 0 Å². The number of fused-ring (bicyclic) bond motifs is 3. The van der Waals surface area contributed by atoms with Crippen LogP contribution in [0.2, 0.25) is 0 Å². The fourth-order valence-corrected chi connectivity index (χ4v) is 4.69. The summed E-state index contributed by atoms with van der Waals surface area (Å²) in [5.74, 6) is -2.07. The molecular weight excluding hydrogens is 436 g/mol. The number of ether oxygens (including phenoxy) is 2. The van der Waals surface area contributed by atoms with Gasteiger partial charge in [0.25, 0.3) is 0 Å². The molecule has 2 aromatic rings. The lowest BCUT2D eigenvalue weighted by atomic mass is 9.94. The number of amides is 2. The van der Waals surface area contributed by atoms with Gasteiger partial charge >= 0.3 is 12.1 Å². The van der Waals surface area contributed by atoms with Crippen LogP contribution in [-0.4, -0.2) is 54.5 Å². The summed E-state index contributed by atoms with van der Waals surface area (Å²) in [5.41, 5.74) is 3.05. The number of benzene rings is 2. The van der Waals surface area contributed by atoms with Crippen LogP contribution >= 0.6 is 0 Å². The Labute approximate surface area is 198 Å². The standard InChI is InChI=1S/C26H30N2O6/c1-3-16(2)22(23(29)30)27-24(31)26(12-13-33-15-26)28-25(32)34-14-21-19-10-6-4-8-17(19)18-9-5-7-11-20(18)21/h4-11,16,21-22H,3,12-15H2,1-2H3,(H,27,31)(H,28,32)(H,29,30)/t16-,22-,26?/m0/s1. The van der Waals surface area contributed by atoms with E-state index in [0.717, 1.165) is 22.3 Å². The van der Waals surface area contributed by atoms with E-state index in [2.05, 4.69) is 22.8 Å². The van der Waals surface area contributed by atoms with Crippen molar-refractivity contribution in [1.29, 1.82) is 0 Å². The first kappa shape index (κ1) is 23.8. The summed E-state index contributed by atoms with van der Waals surface area (Å²) in [6.07, 6.45) is 0.0779. The van der Waals surface area contributed by atoms with E-state index in [4.69, 9.17) is 9.47 Å². The van der Waals surface area contributed by atoms with Gasteiger partial charge in [-0.2, -0.15) is 0 Å². The smallest absolute Gasteiger partial charge is 0.408 e. The molecule has 0 aromatic heterocycles. The van der Waals surface area contributed by atoms with Gasteiger partial charge in [0.15, 0.2) is 0 Å². The molecule has 1 aliphatic heterocycles. The number of carboxylic acids is 1. The van der Waals surface area contributed by atoms with Crippen LogP contribution in [0.3, 0.4) is 0 Å². The van der Waals surface area contributed by atoms with Crippen molar-refractivity contribution in [3.8, 4) is 11.1 Å². The van der Waals surface area contributed by atoms with Gasteiger partial charge in [0, 0.05) is 18.9 Å². The Kier molecular flexibility index (Phi) is 6.88. The van der Waals surface area contributed by atoms with Crippen LogP contribution in [-0.2, 0) is 19.1 Å². The van der Waals surface area contributed by atoms with E-state index in [9.17, 15) is 19.5 Å². The van der Waals surface area contributed by atoms with Crippen LogP contribution in [0.15, 0.2) is 48.5 Å². The second-order valence-electron chi connectivity index (χ2n) is 9.01. The van der Waals surface area contributed by atoms with E-state index in [1.54, 1.807) is 6.92 Å². The molecule has 180 valence electrons. The predicted octanol–water partition coefficient (Wildman–Crippen LogP) is 3.30. The summed E-state index contributed by atoms with van der Waals surface area (Å²) in [5, 5.41) is 14.8. The quantitative estimate of drug-likeness (QED) is 0.550. The zero-order chi connectivity index (χ0) is 24.3. The third kappa shape index (κ3) is 4.50. The number of carbonyl (C=O) groups excluding carboxylic acids is 2. The van der Waals surface area contributed by atoms with Crippen molar-refractivity contribution in [2.45, 2.75) is 44.2 Å². The lowest BCUT2D eigenvalue weighted by Crippen LogP contribution is -2.62. The molecule has 8 nitrogen and oxygen atoms in total. The van der Waals surface area contributed by atoms with Gasteiger partial charge in [0.2, 0.25) is 5.91 Å². The van der Waals surface area contributed by atoms with Gasteiger partial charge in [-0.05, 0) is 28.2 Å². The monoisotopic (exact) mass is 466 g/mol. The molecular formula is C26H30N2O6. The first-order valence-electron chi connectivity index (χ1n) is 11.6. The molecule has 8 heteroatoms. The maximum atomic E-state index is 13.1. The molecule has 34 heavy (non-hydrogen) atoms. The average Bonchev–Trinajstić information content (AvgIpc) is 3.44. The highest BCUT2D eigenvalue weighted by atomic mass is 16.6. The molecule has 4 rings (SSSR count). The summed E-state index contributed by atoms with van der Waals surface area (Å²) in [6.45, 7) is 3.96. The van der Waals surface area contributed by atoms with Gasteiger partial charge in [-0.1, -0.05) is 68.8 Å². The number of nitrogens with one attached hydrogen (secondary N) is 2. The molecule has 1 unspecified atom stereocenters. The summed E-state index contributed by atoms with van der Waals surface area (Å²) < 4.78 is 11.0. The highest BCUT2D eigenvalue weighted by Gasteiger charge is 2.46. The van der Waals surface area contributed by atoms with E-state index in [-0.39, 0.29) is 38.1 Å². The number of hydrogen-bond acceptors (Lipinski definition) is 5. The highest BCUT2D eigenvalue weighted by Crippen LogP contribution is 2.44. The van der Waals surface area contributed by atoms with Gasteiger partial charge in [-0.25, -0.2) is 9.59 Å².